The van der Waals surface area contributed by atoms with Gasteiger partial charge in [0.2, 0.25) is 16.4 Å². The lowest BCUT2D eigenvalue weighted by atomic mass is 10.1. The van der Waals surface area contributed by atoms with Gasteiger partial charge in [0, 0.05) is 31.9 Å². The van der Waals surface area contributed by atoms with Gasteiger partial charge in [0.15, 0.2) is 0 Å². The van der Waals surface area contributed by atoms with Gasteiger partial charge in [0.1, 0.15) is 0 Å². The van der Waals surface area contributed by atoms with Gasteiger partial charge >= 0.3 is 0 Å². The topological polar surface area (TPSA) is 81.2 Å². The maximum atomic E-state index is 13.0. The molecule has 1 N–H and O–H groups in total. The number of anilines is 1. The molecule has 0 bridgehead atoms. The molecule has 2 aromatic rings. The minimum Gasteiger partial charge on any atom is -0.369 e. The van der Waals surface area contributed by atoms with E-state index in [1.165, 1.54) is 4.31 Å². The molecule has 7 nitrogen and oxygen atoms in total. The first kappa shape index (κ1) is 23.8. The smallest absolute Gasteiger partial charge is 0.233 e. The molecule has 1 atom stereocenters. The lowest BCUT2D eigenvalue weighted by molar-refractivity contribution is -0.158. The summed E-state index contributed by atoms with van der Waals surface area (Å²) in [7, 11) is -3.66. The molecule has 0 saturated carbocycles. The standard InChI is InChI=1S/C21H25Cl2N3O4S/c22-20-9-8-18(14-21(20)23)24-10-12-25(13-11-24)31(29,30)15-19(26(28)16-27)7-6-17-4-2-1-3-5-17/h1-5,8-9,14,16,19,28H,6-7,10-13,15H2. The van der Waals surface area contributed by atoms with E-state index in [9.17, 15) is 18.4 Å². The predicted octanol–water partition coefficient (Wildman–Crippen LogP) is 3.29. The molecule has 31 heavy (non-hydrogen) atoms. The number of hydrogen-bond donors (Lipinski definition) is 1. The molecule has 0 aliphatic carbocycles. The summed E-state index contributed by atoms with van der Waals surface area (Å²) in [5, 5.41) is 11.3. The van der Waals surface area contributed by atoms with Gasteiger partial charge < -0.3 is 4.90 Å². The first-order valence-electron chi connectivity index (χ1n) is 9.94. The Bertz CT molecular complexity index is 983. The molecule has 0 aromatic heterocycles. The van der Waals surface area contributed by atoms with E-state index in [1.54, 1.807) is 12.1 Å². The van der Waals surface area contributed by atoms with Crippen LogP contribution in [0.3, 0.4) is 0 Å². The maximum Gasteiger partial charge on any atom is 0.233 e. The molecule has 0 radical (unpaired) electrons. The summed E-state index contributed by atoms with van der Waals surface area (Å²) in [4.78, 5) is 13.2. The lowest BCUT2D eigenvalue weighted by Crippen LogP contribution is -2.51. The Hall–Kier alpha value is -1.84. The van der Waals surface area contributed by atoms with E-state index in [1.807, 2.05) is 41.3 Å². The van der Waals surface area contributed by atoms with E-state index in [2.05, 4.69) is 0 Å². The summed E-state index contributed by atoms with van der Waals surface area (Å²) in [6.45, 7) is 1.62. The van der Waals surface area contributed by atoms with Crippen molar-refractivity contribution in [2.45, 2.75) is 18.9 Å². The summed E-state index contributed by atoms with van der Waals surface area (Å²) < 4.78 is 27.4. The van der Waals surface area contributed by atoms with E-state index in [0.717, 1.165) is 11.3 Å². The Labute approximate surface area is 192 Å². The average Bonchev–Trinajstić information content (AvgIpc) is 2.78. The van der Waals surface area contributed by atoms with Crippen LogP contribution in [0.25, 0.3) is 0 Å². The van der Waals surface area contributed by atoms with Crippen LogP contribution in [-0.4, -0.2) is 67.4 Å². The second kappa shape index (κ2) is 10.7. The van der Waals surface area contributed by atoms with Crippen LogP contribution in [0.15, 0.2) is 48.5 Å². The molecule has 1 heterocycles. The van der Waals surface area contributed by atoms with Crippen LogP contribution in [0, 0.1) is 0 Å². The number of aryl methyl sites for hydroxylation is 1. The molecule has 10 heteroatoms. The number of sulfonamides is 1. The maximum absolute atomic E-state index is 13.0. The van der Waals surface area contributed by atoms with Gasteiger partial charge in [-0.15, -0.1) is 0 Å². The fourth-order valence-corrected chi connectivity index (χ4v) is 5.64. The Balaban J connectivity index is 1.61. The summed E-state index contributed by atoms with van der Waals surface area (Å²) >= 11 is 12.1. The highest BCUT2D eigenvalue weighted by Crippen LogP contribution is 2.28. The number of amides is 1. The van der Waals surface area contributed by atoms with Gasteiger partial charge in [-0.25, -0.2) is 13.5 Å². The summed E-state index contributed by atoms with van der Waals surface area (Å²) in [5.74, 6) is -0.332. The SMILES string of the molecule is O=CN(O)C(CCc1ccccc1)CS(=O)(=O)N1CCN(c2ccc(Cl)c(Cl)c2)CC1. The minimum atomic E-state index is -3.66. The molecule has 1 saturated heterocycles. The number of hydrogen-bond acceptors (Lipinski definition) is 5. The zero-order valence-electron chi connectivity index (χ0n) is 16.9. The third kappa shape index (κ3) is 6.33. The van der Waals surface area contributed by atoms with E-state index in [0.29, 0.717) is 54.1 Å². The summed E-state index contributed by atoms with van der Waals surface area (Å²) in [6.07, 6.45) is 1.14. The number of halogens is 2. The molecule has 0 spiro atoms. The molecular weight excluding hydrogens is 461 g/mol. The molecule has 1 amide bonds. The van der Waals surface area contributed by atoms with Crippen molar-refractivity contribution < 1.29 is 18.4 Å². The van der Waals surface area contributed by atoms with Crippen LogP contribution in [-0.2, 0) is 21.2 Å². The van der Waals surface area contributed by atoms with Gasteiger partial charge in [-0.3, -0.25) is 10.0 Å². The molecule has 1 aliphatic rings. The van der Waals surface area contributed by atoms with Gasteiger partial charge in [-0.05, 0) is 36.6 Å². The highest BCUT2D eigenvalue weighted by molar-refractivity contribution is 7.89. The van der Waals surface area contributed by atoms with Crippen molar-refractivity contribution in [2.24, 2.45) is 0 Å². The third-order valence-electron chi connectivity index (χ3n) is 5.39. The van der Waals surface area contributed by atoms with Gasteiger partial charge in [0.25, 0.3) is 0 Å². The number of benzene rings is 2. The fourth-order valence-electron chi connectivity index (χ4n) is 3.61. The minimum absolute atomic E-state index is 0.257. The fraction of sp³-hybridized carbons (Fsp3) is 0.381. The van der Waals surface area contributed by atoms with Crippen molar-refractivity contribution >= 4 is 45.3 Å². The number of piperazine rings is 1. The van der Waals surface area contributed by atoms with E-state index < -0.39 is 16.1 Å². The van der Waals surface area contributed by atoms with Crippen molar-refractivity contribution in [3.8, 4) is 0 Å². The van der Waals surface area contributed by atoms with Crippen molar-refractivity contribution in [3.63, 3.8) is 0 Å². The van der Waals surface area contributed by atoms with Crippen LogP contribution < -0.4 is 4.90 Å². The Morgan fingerprint density at radius 1 is 1.03 bits per heavy atom. The zero-order chi connectivity index (χ0) is 22.4. The van der Waals surface area contributed by atoms with Crippen LogP contribution in [0.4, 0.5) is 5.69 Å². The van der Waals surface area contributed by atoms with Crippen molar-refractivity contribution in [2.75, 3.05) is 36.8 Å². The molecule has 1 unspecified atom stereocenters. The first-order chi connectivity index (χ1) is 14.8. The van der Waals surface area contributed by atoms with Crippen molar-refractivity contribution in [1.82, 2.24) is 9.37 Å². The number of carbonyl (C=O) groups is 1. The molecule has 168 valence electrons. The quantitative estimate of drug-likeness (QED) is 0.334. The largest absolute Gasteiger partial charge is 0.369 e. The third-order valence-corrected chi connectivity index (χ3v) is 8.09. The average molecular weight is 486 g/mol. The predicted molar refractivity (Wildman–Crippen MR) is 122 cm³/mol. The van der Waals surface area contributed by atoms with Crippen molar-refractivity contribution in [1.29, 1.82) is 0 Å². The number of nitrogens with zero attached hydrogens (tertiary/aromatic N) is 3. The van der Waals surface area contributed by atoms with Crippen LogP contribution >= 0.6 is 23.2 Å². The van der Waals surface area contributed by atoms with Crippen molar-refractivity contribution in [3.05, 3.63) is 64.1 Å². The van der Waals surface area contributed by atoms with Crippen LogP contribution in [0.2, 0.25) is 10.0 Å². The van der Waals surface area contributed by atoms with E-state index >= 15 is 0 Å². The van der Waals surface area contributed by atoms with Crippen LogP contribution in [0.1, 0.15) is 12.0 Å². The highest BCUT2D eigenvalue weighted by Gasteiger charge is 2.31. The Kier molecular flexibility index (Phi) is 8.18. The Morgan fingerprint density at radius 2 is 1.71 bits per heavy atom. The number of rotatable bonds is 9. The van der Waals surface area contributed by atoms with Gasteiger partial charge in [-0.2, -0.15) is 4.31 Å². The second-order valence-corrected chi connectivity index (χ2v) is 10.3. The molecular formula is C21H25Cl2N3O4S. The van der Waals surface area contributed by atoms with E-state index in [-0.39, 0.29) is 12.2 Å². The lowest BCUT2D eigenvalue weighted by Gasteiger charge is -2.36. The zero-order valence-corrected chi connectivity index (χ0v) is 19.2. The second-order valence-electron chi connectivity index (χ2n) is 7.43. The van der Waals surface area contributed by atoms with Gasteiger partial charge in [0.05, 0.1) is 21.8 Å². The van der Waals surface area contributed by atoms with E-state index in [4.69, 9.17) is 23.2 Å². The number of hydroxylamine groups is 2. The monoisotopic (exact) mass is 485 g/mol. The summed E-state index contributed by atoms with van der Waals surface area (Å²) in [6, 6.07) is 14.0. The summed E-state index contributed by atoms with van der Waals surface area (Å²) in [5.41, 5.74) is 1.90. The first-order valence-corrected chi connectivity index (χ1v) is 12.3. The van der Waals surface area contributed by atoms with Gasteiger partial charge in [-0.1, -0.05) is 53.5 Å². The highest BCUT2D eigenvalue weighted by atomic mass is 35.5. The molecule has 1 fully saturated rings. The molecule has 2 aromatic carbocycles. The van der Waals surface area contributed by atoms with Crippen LogP contribution in [0.5, 0.6) is 0 Å². The molecule has 3 rings (SSSR count). The Morgan fingerprint density at radius 3 is 2.32 bits per heavy atom. The number of carbonyl (C=O) groups excluding carboxylic acids is 1. The normalized spacial score (nSPS) is 16.2. The molecule has 1 aliphatic heterocycles.